The summed E-state index contributed by atoms with van der Waals surface area (Å²) >= 11 is 0. The first-order valence-electron chi connectivity index (χ1n) is 8.18. The summed E-state index contributed by atoms with van der Waals surface area (Å²) in [4.78, 5) is 4.59. The molecule has 8 heteroatoms. The highest BCUT2D eigenvalue weighted by atomic mass is 127. The monoisotopic (exact) mass is 464 g/mol. The van der Waals surface area contributed by atoms with Gasteiger partial charge in [0.1, 0.15) is 0 Å². The number of rotatable bonds is 7. The van der Waals surface area contributed by atoms with Gasteiger partial charge in [-0.05, 0) is 49.3 Å². The maximum atomic E-state index is 12.1. The minimum atomic E-state index is -3.38. The van der Waals surface area contributed by atoms with Crippen LogP contribution in [0.3, 0.4) is 0 Å². The third-order valence-electron chi connectivity index (χ3n) is 4.36. The number of nitrogens with zero attached hydrogens (tertiary/aromatic N) is 1. The third-order valence-corrected chi connectivity index (χ3v) is 5.90. The van der Waals surface area contributed by atoms with Crippen molar-refractivity contribution in [2.75, 3.05) is 6.54 Å². The molecule has 0 radical (unpaired) electrons. The number of sulfonamides is 1. The molecule has 3 rings (SSSR count). The van der Waals surface area contributed by atoms with Crippen molar-refractivity contribution < 1.29 is 8.42 Å². The highest BCUT2D eigenvalue weighted by Crippen LogP contribution is 2.25. The molecule has 0 bridgehead atoms. The predicted octanol–water partition coefficient (Wildman–Crippen LogP) is 1.95. The summed E-state index contributed by atoms with van der Waals surface area (Å²) in [6.45, 7) is 1.33. The van der Waals surface area contributed by atoms with Gasteiger partial charge < -0.3 is 11.1 Å². The van der Waals surface area contributed by atoms with Crippen LogP contribution in [-0.4, -0.2) is 27.0 Å². The van der Waals surface area contributed by atoms with E-state index in [1.54, 1.807) is 24.3 Å². The molecule has 0 atom stereocenters. The van der Waals surface area contributed by atoms with Gasteiger partial charge in [0.15, 0.2) is 5.96 Å². The Morgan fingerprint density at radius 2 is 1.83 bits per heavy atom. The first-order valence-corrected chi connectivity index (χ1v) is 9.66. The molecule has 2 fully saturated rings. The number of hydrogen-bond acceptors (Lipinski definition) is 3. The Kier molecular flexibility index (Phi) is 6.88. The van der Waals surface area contributed by atoms with Crippen LogP contribution in [0.2, 0.25) is 0 Å². The first kappa shape index (κ1) is 19.5. The lowest BCUT2D eigenvalue weighted by Crippen LogP contribution is -2.37. The van der Waals surface area contributed by atoms with Crippen LogP contribution in [0.25, 0.3) is 0 Å². The molecule has 4 N–H and O–H groups in total. The lowest BCUT2D eigenvalue weighted by atomic mass is 9.85. The summed E-state index contributed by atoms with van der Waals surface area (Å²) in [6.07, 6.45) is 5.71. The molecule has 0 heterocycles. The molecule has 6 nitrogen and oxygen atoms in total. The van der Waals surface area contributed by atoms with Gasteiger partial charge in [0.2, 0.25) is 10.0 Å². The number of benzene rings is 1. The van der Waals surface area contributed by atoms with Crippen LogP contribution in [-0.2, 0) is 16.6 Å². The molecular weight excluding hydrogens is 439 g/mol. The quantitative estimate of drug-likeness (QED) is 0.327. The molecule has 0 spiro atoms. The SMILES string of the molecule is I.NC(=NCc1ccc(S(=O)(=O)NC2CC2)cc1)NCC1CCC1. The van der Waals surface area contributed by atoms with Gasteiger partial charge in [-0.2, -0.15) is 0 Å². The Morgan fingerprint density at radius 1 is 1.17 bits per heavy atom. The van der Waals surface area contributed by atoms with E-state index < -0.39 is 10.0 Å². The van der Waals surface area contributed by atoms with Crippen molar-refractivity contribution in [3.63, 3.8) is 0 Å². The maximum Gasteiger partial charge on any atom is 0.240 e. The number of hydrogen-bond donors (Lipinski definition) is 3. The zero-order chi connectivity index (χ0) is 16.3. The normalized spacial score (nSPS) is 18.6. The summed E-state index contributed by atoms with van der Waals surface area (Å²) in [5.41, 5.74) is 6.78. The Bertz CT molecular complexity index is 668. The largest absolute Gasteiger partial charge is 0.370 e. The molecule has 0 aromatic heterocycles. The molecule has 2 aliphatic carbocycles. The van der Waals surface area contributed by atoms with Crippen LogP contribution in [0.1, 0.15) is 37.7 Å². The second kappa shape index (κ2) is 8.48. The molecule has 0 amide bonds. The van der Waals surface area contributed by atoms with Crippen molar-refractivity contribution in [1.29, 1.82) is 0 Å². The molecule has 0 saturated heterocycles. The van der Waals surface area contributed by atoms with E-state index in [-0.39, 0.29) is 30.0 Å². The highest BCUT2D eigenvalue weighted by molar-refractivity contribution is 14.0. The van der Waals surface area contributed by atoms with E-state index >= 15 is 0 Å². The van der Waals surface area contributed by atoms with Crippen molar-refractivity contribution in [3.05, 3.63) is 29.8 Å². The van der Waals surface area contributed by atoms with Gasteiger partial charge in [-0.3, -0.25) is 0 Å². The molecule has 134 valence electrons. The molecule has 24 heavy (non-hydrogen) atoms. The van der Waals surface area contributed by atoms with Crippen molar-refractivity contribution in [1.82, 2.24) is 10.0 Å². The van der Waals surface area contributed by atoms with Crippen molar-refractivity contribution in [3.8, 4) is 0 Å². The number of halogens is 1. The first-order chi connectivity index (χ1) is 11.0. The Labute approximate surface area is 160 Å². The summed E-state index contributed by atoms with van der Waals surface area (Å²) in [5.74, 6) is 1.18. The lowest BCUT2D eigenvalue weighted by molar-refractivity contribution is 0.315. The van der Waals surface area contributed by atoms with Crippen LogP contribution in [0.15, 0.2) is 34.2 Å². The van der Waals surface area contributed by atoms with E-state index in [1.807, 2.05) is 0 Å². The molecule has 0 unspecified atom stereocenters. The van der Waals surface area contributed by atoms with Gasteiger partial charge in [-0.25, -0.2) is 18.1 Å². The van der Waals surface area contributed by atoms with Crippen molar-refractivity contribution in [2.45, 2.75) is 49.6 Å². The van der Waals surface area contributed by atoms with Gasteiger partial charge in [-0.15, -0.1) is 24.0 Å². The van der Waals surface area contributed by atoms with Crippen molar-refractivity contribution in [2.24, 2.45) is 16.6 Å². The fraction of sp³-hybridized carbons (Fsp3) is 0.562. The van der Waals surface area contributed by atoms with Gasteiger partial charge in [0.25, 0.3) is 0 Å². The fourth-order valence-electron chi connectivity index (χ4n) is 2.44. The van der Waals surface area contributed by atoms with Gasteiger partial charge >= 0.3 is 0 Å². The van der Waals surface area contributed by atoms with Crippen LogP contribution < -0.4 is 15.8 Å². The molecule has 1 aromatic carbocycles. The van der Waals surface area contributed by atoms with E-state index in [1.165, 1.54) is 19.3 Å². The van der Waals surface area contributed by atoms with Crippen LogP contribution in [0.4, 0.5) is 0 Å². The molecule has 2 saturated carbocycles. The zero-order valence-corrected chi connectivity index (χ0v) is 16.7. The minimum absolute atomic E-state index is 0. The Morgan fingerprint density at radius 3 is 2.38 bits per heavy atom. The second-order valence-electron chi connectivity index (χ2n) is 6.42. The predicted molar refractivity (Wildman–Crippen MR) is 106 cm³/mol. The van der Waals surface area contributed by atoms with Gasteiger partial charge in [0, 0.05) is 12.6 Å². The maximum absolute atomic E-state index is 12.1. The lowest BCUT2D eigenvalue weighted by Gasteiger charge is -2.25. The average Bonchev–Trinajstić information content (AvgIpc) is 3.27. The van der Waals surface area contributed by atoms with Crippen LogP contribution in [0.5, 0.6) is 0 Å². The van der Waals surface area contributed by atoms with E-state index in [0.29, 0.717) is 17.4 Å². The Balaban J connectivity index is 0.00000208. The number of guanidine groups is 1. The Hall–Kier alpha value is -0.870. The number of nitrogens with two attached hydrogens (primary N) is 1. The summed E-state index contributed by atoms with van der Waals surface area (Å²) < 4.78 is 26.8. The van der Waals surface area contributed by atoms with Gasteiger partial charge in [-0.1, -0.05) is 18.6 Å². The molecule has 2 aliphatic rings. The molecular formula is C16H25IN4O2S. The summed E-state index contributed by atoms with van der Waals surface area (Å²) in [6, 6.07) is 6.92. The van der Waals surface area contributed by atoms with E-state index in [0.717, 1.165) is 30.9 Å². The summed E-state index contributed by atoms with van der Waals surface area (Å²) in [7, 11) is -3.38. The zero-order valence-electron chi connectivity index (χ0n) is 13.6. The fourth-order valence-corrected chi connectivity index (χ4v) is 3.75. The highest BCUT2D eigenvalue weighted by Gasteiger charge is 2.27. The molecule has 0 aliphatic heterocycles. The number of nitrogens with one attached hydrogen (secondary N) is 2. The average molecular weight is 464 g/mol. The van der Waals surface area contributed by atoms with E-state index in [9.17, 15) is 8.42 Å². The third kappa shape index (κ3) is 5.59. The minimum Gasteiger partial charge on any atom is -0.370 e. The topological polar surface area (TPSA) is 96.6 Å². The van der Waals surface area contributed by atoms with Crippen molar-refractivity contribution >= 4 is 40.0 Å². The number of aliphatic imine (C=N–C) groups is 1. The standard InChI is InChI=1S/C16H24N4O2S.HI/c17-16(18-10-12-2-1-3-12)19-11-13-4-8-15(9-5-13)23(21,22)20-14-6-7-14;/h4-5,8-9,12,14,20H,1-3,6-7,10-11H2,(H3,17,18,19);1H. The second-order valence-corrected chi connectivity index (χ2v) is 8.13. The molecule has 1 aromatic rings. The van der Waals surface area contributed by atoms with E-state index in [4.69, 9.17) is 5.73 Å². The summed E-state index contributed by atoms with van der Waals surface area (Å²) in [5, 5.41) is 3.14. The van der Waals surface area contributed by atoms with Crippen LogP contribution in [0, 0.1) is 5.92 Å². The van der Waals surface area contributed by atoms with E-state index in [2.05, 4.69) is 15.0 Å². The smallest absolute Gasteiger partial charge is 0.240 e. The van der Waals surface area contributed by atoms with Gasteiger partial charge in [0.05, 0.1) is 11.4 Å². The van der Waals surface area contributed by atoms with Crippen LogP contribution >= 0.6 is 24.0 Å².